The van der Waals surface area contributed by atoms with Gasteiger partial charge in [-0.05, 0) is 38.4 Å². The first-order chi connectivity index (χ1) is 9.35. The monoisotopic (exact) mass is 257 g/mol. The van der Waals surface area contributed by atoms with Crippen LogP contribution >= 0.6 is 0 Å². The van der Waals surface area contributed by atoms with Gasteiger partial charge >= 0.3 is 0 Å². The van der Waals surface area contributed by atoms with Crippen LogP contribution in [0.25, 0.3) is 11.0 Å². The summed E-state index contributed by atoms with van der Waals surface area (Å²) in [6, 6.07) is 10.6. The molecule has 0 saturated carbocycles. The zero-order chi connectivity index (χ0) is 13.5. The molecular weight excluding hydrogens is 234 g/mol. The average Bonchev–Trinajstić information content (AvgIpc) is 2.86. The average molecular weight is 257 g/mol. The van der Waals surface area contributed by atoms with E-state index in [1.54, 1.807) is 0 Å². The predicted octanol–water partition coefficient (Wildman–Crippen LogP) is 4.83. The third kappa shape index (κ3) is 3.71. The Hall–Kier alpha value is -1.54. The van der Waals surface area contributed by atoms with Gasteiger partial charge in [0.1, 0.15) is 11.3 Å². The summed E-state index contributed by atoms with van der Waals surface area (Å²) < 4.78 is 5.92. The van der Waals surface area contributed by atoms with E-state index in [-0.39, 0.29) is 0 Å². The van der Waals surface area contributed by atoms with E-state index in [0.29, 0.717) is 6.04 Å². The van der Waals surface area contributed by atoms with Gasteiger partial charge in [0.25, 0.3) is 0 Å². The third-order valence-corrected chi connectivity index (χ3v) is 3.54. The van der Waals surface area contributed by atoms with Gasteiger partial charge in [0.05, 0.1) is 6.04 Å². The zero-order valence-electron chi connectivity index (χ0n) is 11.7. The molecule has 0 radical (unpaired) electrons. The Labute approximate surface area is 115 Å². The molecule has 0 saturated heterocycles. The molecule has 1 unspecified atom stereocenters. The van der Waals surface area contributed by atoms with Crippen LogP contribution < -0.4 is 5.32 Å². The van der Waals surface area contributed by atoms with Crippen LogP contribution in [0.2, 0.25) is 0 Å². The summed E-state index contributed by atoms with van der Waals surface area (Å²) in [5.74, 6) is 1.05. The maximum atomic E-state index is 5.92. The molecule has 2 nitrogen and oxygen atoms in total. The van der Waals surface area contributed by atoms with E-state index < -0.39 is 0 Å². The minimum Gasteiger partial charge on any atom is -0.459 e. The van der Waals surface area contributed by atoms with Crippen molar-refractivity contribution in [3.8, 4) is 0 Å². The maximum absolute atomic E-state index is 5.92. The van der Waals surface area contributed by atoms with Gasteiger partial charge in [-0.1, -0.05) is 37.1 Å². The summed E-state index contributed by atoms with van der Waals surface area (Å²) in [5, 5.41) is 4.54. The van der Waals surface area contributed by atoms with Crippen LogP contribution in [0.3, 0.4) is 0 Å². The van der Waals surface area contributed by atoms with E-state index in [2.05, 4.69) is 24.0 Å². The lowest BCUT2D eigenvalue weighted by Crippen LogP contribution is -2.15. The lowest BCUT2D eigenvalue weighted by Gasteiger charge is -2.12. The molecule has 102 valence electrons. The molecule has 1 aromatic carbocycles. The summed E-state index contributed by atoms with van der Waals surface area (Å²) >= 11 is 0. The highest BCUT2D eigenvalue weighted by atomic mass is 16.3. The molecule has 2 heteroatoms. The standard InChI is InChI=1S/C17H23NO/c1-3-4-5-6-7-11-15(18-2)17-13-14-10-8-9-12-16(14)19-17/h3,8-10,12-13,15,18H,1,4-7,11H2,2H3. The van der Waals surface area contributed by atoms with Crippen molar-refractivity contribution in [3.05, 3.63) is 48.7 Å². The van der Waals surface area contributed by atoms with Crippen LogP contribution in [0.4, 0.5) is 0 Å². The molecule has 1 heterocycles. The van der Waals surface area contributed by atoms with E-state index in [0.717, 1.165) is 24.2 Å². The van der Waals surface area contributed by atoms with Gasteiger partial charge in [0, 0.05) is 5.39 Å². The fraction of sp³-hybridized carbons (Fsp3) is 0.412. The number of para-hydroxylation sites is 1. The van der Waals surface area contributed by atoms with E-state index in [1.807, 2.05) is 31.3 Å². The number of allylic oxidation sites excluding steroid dienone is 1. The second-order valence-electron chi connectivity index (χ2n) is 4.95. The number of furan rings is 1. The van der Waals surface area contributed by atoms with Crippen LogP contribution in [0.5, 0.6) is 0 Å². The Morgan fingerprint density at radius 3 is 2.84 bits per heavy atom. The molecular formula is C17H23NO. The number of rotatable bonds is 8. The Bertz CT molecular complexity index is 482. The van der Waals surface area contributed by atoms with Gasteiger partial charge in [-0.2, -0.15) is 0 Å². The molecule has 0 spiro atoms. The summed E-state index contributed by atoms with van der Waals surface area (Å²) in [6.07, 6.45) is 7.94. The number of benzene rings is 1. The molecule has 0 bridgehead atoms. The van der Waals surface area contributed by atoms with Crippen molar-refractivity contribution in [3.63, 3.8) is 0 Å². The van der Waals surface area contributed by atoms with Crippen LogP contribution in [-0.2, 0) is 0 Å². The lowest BCUT2D eigenvalue weighted by molar-refractivity contribution is 0.419. The molecule has 0 amide bonds. The fourth-order valence-electron chi connectivity index (χ4n) is 2.42. The quantitative estimate of drug-likeness (QED) is 0.541. The SMILES string of the molecule is C=CCCCCCC(NC)c1cc2ccccc2o1. The van der Waals surface area contributed by atoms with E-state index >= 15 is 0 Å². The van der Waals surface area contributed by atoms with Crippen molar-refractivity contribution in [2.24, 2.45) is 0 Å². The highest BCUT2D eigenvalue weighted by molar-refractivity contribution is 5.77. The molecule has 1 atom stereocenters. The first-order valence-corrected chi connectivity index (χ1v) is 7.12. The first kappa shape index (κ1) is 13.9. The predicted molar refractivity (Wildman–Crippen MR) is 81.3 cm³/mol. The number of nitrogens with one attached hydrogen (secondary N) is 1. The first-order valence-electron chi connectivity index (χ1n) is 7.12. The number of hydrogen-bond donors (Lipinski definition) is 1. The third-order valence-electron chi connectivity index (χ3n) is 3.54. The number of unbranched alkanes of at least 4 members (excludes halogenated alkanes) is 3. The van der Waals surface area contributed by atoms with E-state index in [1.165, 1.54) is 24.6 Å². The molecule has 1 N–H and O–H groups in total. The van der Waals surface area contributed by atoms with Crippen molar-refractivity contribution < 1.29 is 4.42 Å². The Balaban J connectivity index is 1.94. The molecule has 1 aromatic heterocycles. The van der Waals surface area contributed by atoms with Crippen LogP contribution in [0.15, 0.2) is 47.4 Å². The second kappa shape index (κ2) is 7.15. The smallest absolute Gasteiger partial charge is 0.134 e. The van der Waals surface area contributed by atoms with Gasteiger partial charge in [-0.25, -0.2) is 0 Å². The summed E-state index contributed by atoms with van der Waals surface area (Å²) in [6.45, 7) is 3.75. The molecule has 19 heavy (non-hydrogen) atoms. The maximum Gasteiger partial charge on any atom is 0.134 e. The molecule has 0 aliphatic heterocycles. The molecule has 2 rings (SSSR count). The largest absolute Gasteiger partial charge is 0.459 e. The normalized spacial score (nSPS) is 12.7. The Kier molecular flexibility index (Phi) is 5.22. The van der Waals surface area contributed by atoms with Crippen molar-refractivity contribution in [2.45, 2.75) is 38.1 Å². The van der Waals surface area contributed by atoms with E-state index in [9.17, 15) is 0 Å². The van der Waals surface area contributed by atoms with Crippen molar-refractivity contribution in [2.75, 3.05) is 7.05 Å². The summed E-state index contributed by atoms with van der Waals surface area (Å²) in [4.78, 5) is 0. The van der Waals surface area contributed by atoms with Gasteiger partial charge < -0.3 is 9.73 Å². The van der Waals surface area contributed by atoms with Crippen LogP contribution in [0, 0.1) is 0 Å². The highest BCUT2D eigenvalue weighted by Gasteiger charge is 2.13. The molecule has 2 aromatic rings. The minimum absolute atomic E-state index is 0.316. The van der Waals surface area contributed by atoms with Gasteiger partial charge in [-0.3, -0.25) is 0 Å². The van der Waals surface area contributed by atoms with Gasteiger partial charge in [0.2, 0.25) is 0 Å². The molecule has 0 fully saturated rings. The van der Waals surface area contributed by atoms with Crippen LogP contribution in [0.1, 0.15) is 43.9 Å². The Morgan fingerprint density at radius 2 is 2.11 bits per heavy atom. The van der Waals surface area contributed by atoms with Crippen molar-refractivity contribution in [1.82, 2.24) is 5.32 Å². The van der Waals surface area contributed by atoms with Crippen LogP contribution in [-0.4, -0.2) is 7.05 Å². The van der Waals surface area contributed by atoms with Gasteiger partial charge in [-0.15, -0.1) is 6.58 Å². The number of fused-ring (bicyclic) bond motifs is 1. The second-order valence-corrected chi connectivity index (χ2v) is 4.95. The molecule has 0 aliphatic carbocycles. The van der Waals surface area contributed by atoms with Crippen molar-refractivity contribution >= 4 is 11.0 Å². The van der Waals surface area contributed by atoms with Crippen molar-refractivity contribution in [1.29, 1.82) is 0 Å². The molecule has 0 aliphatic rings. The lowest BCUT2D eigenvalue weighted by atomic mass is 10.0. The summed E-state index contributed by atoms with van der Waals surface area (Å²) in [7, 11) is 2.00. The minimum atomic E-state index is 0.316. The number of hydrogen-bond acceptors (Lipinski definition) is 2. The summed E-state index contributed by atoms with van der Waals surface area (Å²) in [5.41, 5.74) is 0.976. The van der Waals surface area contributed by atoms with Gasteiger partial charge in [0.15, 0.2) is 0 Å². The highest BCUT2D eigenvalue weighted by Crippen LogP contribution is 2.26. The topological polar surface area (TPSA) is 25.2 Å². The van der Waals surface area contributed by atoms with E-state index in [4.69, 9.17) is 4.42 Å². The zero-order valence-corrected chi connectivity index (χ0v) is 11.7. The Morgan fingerprint density at radius 1 is 1.26 bits per heavy atom. The fourth-order valence-corrected chi connectivity index (χ4v) is 2.42.